The lowest BCUT2D eigenvalue weighted by Crippen LogP contribution is -2.48. The molecule has 1 aromatic carbocycles. The molecule has 0 bridgehead atoms. The van der Waals surface area contributed by atoms with E-state index in [1.165, 1.54) is 35.5 Å². The fourth-order valence-corrected chi connectivity index (χ4v) is 4.57. The first-order valence-corrected chi connectivity index (χ1v) is 10.8. The van der Waals surface area contributed by atoms with Gasteiger partial charge in [0.25, 0.3) is 5.91 Å². The van der Waals surface area contributed by atoms with Crippen molar-refractivity contribution in [3.63, 3.8) is 0 Å². The van der Waals surface area contributed by atoms with Crippen molar-refractivity contribution in [1.82, 2.24) is 9.62 Å². The van der Waals surface area contributed by atoms with E-state index in [9.17, 15) is 18.0 Å². The van der Waals surface area contributed by atoms with Gasteiger partial charge in [-0.3, -0.25) is 4.79 Å². The zero-order chi connectivity index (χ0) is 20.9. The summed E-state index contributed by atoms with van der Waals surface area (Å²) in [5, 5.41) is 2.65. The first kappa shape index (κ1) is 22.3. The topological polar surface area (TPSA) is 102 Å². The van der Waals surface area contributed by atoms with E-state index < -0.39 is 28.0 Å². The van der Waals surface area contributed by atoms with E-state index in [0.29, 0.717) is 6.54 Å². The Bertz CT molecular complexity index is 800. The summed E-state index contributed by atoms with van der Waals surface area (Å²) < 4.78 is 38.0. The van der Waals surface area contributed by atoms with Gasteiger partial charge in [-0.2, -0.15) is 4.31 Å². The van der Waals surface area contributed by atoms with Gasteiger partial charge < -0.3 is 14.8 Å². The molecule has 0 saturated carbocycles. The number of morpholine rings is 1. The van der Waals surface area contributed by atoms with E-state index >= 15 is 0 Å². The fraction of sp³-hybridized carbons (Fsp3) is 0.579. The maximum Gasteiger partial charge on any atom is 0.338 e. The van der Waals surface area contributed by atoms with Crippen LogP contribution in [0.3, 0.4) is 0 Å². The highest BCUT2D eigenvalue weighted by molar-refractivity contribution is 7.89. The van der Waals surface area contributed by atoms with Crippen LogP contribution in [0.25, 0.3) is 0 Å². The van der Waals surface area contributed by atoms with Crippen LogP contribution in [-0.2, 0) is 24.3 Å². The summed E-state index contributed by atoms with van der Waals surface area (Å²) in [6.07, 6.45) is -0.631. The van der Waals surface area contributed by atoms with Gasteiger partial charge >= 0.3 is 5.97 Å². The van der Waals surface area contributed by atoms with Crippen LogP contribution >= 0.6 is 0 Å². The lowest BCUT2D eigenvalue weighted by Gasteiger charge is -2.34. The second-order valence-corrected chi connectivity index (χ2v) is 8.88. The molecule has 1 amide bonds. The number of esters is 1. The Hall–Kier alpha value is -1.97. The molecular weight excluding hydrogens is 384 g/mol. The minimum atomic E-state index is -3.77. The van der Waals surface area contributed by atoms with Crippen LogP contribution in [0, 0.1) is 0 Å². The summed E-state index contributed by atoms with van der Waals surface area (Å²) in [4.78, 5) is 24.2. The number of benzene rings is 1. The van der Waals surface area contributed by atoms with E-state index in [4.69, 9.17) is 9.47 Å². The number of hydrogen-bond donors (Lipinski definition) is 1. The van der Waals surface area contributed by atoms with Crippen molar-refractivity contribution < 1.29 is 27.5 Å². The molecule has 1 aromatic rings. The summed E-state index contributed by atoms with van der Waals surface area (Å²) in [7, 11) is -3.77. The maximum absolute atomic E-state index is 13.0. The molecular formula is C19H28N2O6S. The molecule has 156 valence electrons. The molecule has 0 spiro atoms. The molecule has 28 heavy (non-hydrogen) atoms. The summed E-state index contributed by atoms with van der Waals surface area (Å²) in [6, 6.07) is 5.66. The standard InChI is InChI=1S/C19H28N2O6S/c1-5-9-20-18(22)15(4)27-19(23)16-7-6-8-17(10-16)28(24,25)21-11-13(2)26-14(3)12-21/h6-8,10,13-15H,5,9,11-12H2,1-4H3,(H,20,22)/t13-,14-,15+/m1/s1. The highest BCUT2D eigenvalue weighted by Gasteiger charge is 2.32. The third kappa shape index (κ3) is 5.52. The second-order valence-electron chi connectivity index (χ2n) is 6.95. The van der Waals surface area contributed by atoms with Crippen molar-refractivity contribution in [2.24, 2.45) is 0 Å². The average molecular weight is 413 g/mol. The third-order valence-electron chi connectivity index (χ3n) is 4.30. The van der Waals surface area contributed by atoms with Gasteiger partial charge in [-0.05, 0) is 45.4 Å². The number of amides is 1. The van der Waals surface area contributed by atoms with Gasteiger partial charge in [0, 0.05) is 19.6 Å². The minimum Gasteiger partial charge on any atom is -0.449 e. The fourth-order valence-electron chi connectivity index (χ4n) is 2.93. The van der Waals surface area contributed by atoms with E-state index in [1.54, 1.807) is 0 Å². The first-order valence-electron chi connectivity index (χ1n) is 9.39. The highest BCUT2D eigenvalue weighted by atomic mass is 32.2. The average Bonchev–Trinajstić information content (AvgIpc) is 2.65. The zero-order valence-electron chi connectivity index (χ0n) is 16.7. The van der Waals surface area contributed by atoms with Crippen molar-refractivity contribution in [2.75, 3.05) is 19.6 Å². The van der Waals surface area contributed by atoms with Crippen molar-refractivity contribution in [3.05, 3.63) is 29.8 Å². The predicted molar refractivity (Wildman–Crippen MR) is 103 cm³/mol. The van der Waals surface area contributed by atoms with Crippen LogP contribution in [0.5, 0.6) is 0 Å². The summed E-state index contributed by atoms with van der Waals surface area (Å²) in [5.41, 5.74) is 0.0746. The van der Waals surface area contributed by atoms with E-state index in [1.807, 2.05) is 20.8 Å². The molecule has 9 heteroatoms. The molecule has 1 aliphatic heterocycles. The number of carbonyl (C=O) groups is 2. The highest BCUT2D eigenvalue weighted by Crippen LogP contribution is 2.22. The van der Waals surface area contributed by atoms with Crippen molar-refractivity contribution in [2.45, 2.75) is 57.3 Å². The Labute approximate surface area is 166 Å². The SMILES string of the molecule is CCCNC(=O)[C@H](C)OC(=O)c1cccc(S(=O)(=O)N2C[C@@H](C)O[C@H](C)C2)c1. The lowest BCUT2D eigenvalue weighted by atomic mass is 10.2. The van der Waals surface area contributed by atoms with Crippen molar-refractivity contribution in [1.29, 1.82) is 0 Å². The van der Waals surface area contributed by atoms with Crippen LogP contribution in [0.1, 0.15) is 44.5 Å². The largest absolute Gasteiger partial charge is 0.449 e. The molecule has 1 aliphatic rings. The lowest BCUT2D eigenvalue weighted by molar-refractivity contribution is -0.129. The van der Waals surface area contributed by atoms with Crippen molar-refractivity contribution in [3.8, 4) is 0 Å². The molecule has 2 rings (SSSR count). The normalized spacial score (nSPS) is 21.7. The zero-order valence-corrected chi connectivity index (χ0v) is 17.5. The molecule has 0 aliphatic carbocycles. The number of sulfonamides is 1. The second kappa shape index (κ2) is 9.49. The number of carbonyl (C=O) groups excluding carboxylic acids is 2. The molecule has 1 N–H and O–H groups in total. The van der Waals surface area contributed by atoms with Crippen LogP contribution in [0.2, 0.25) is 0 Å². The van der Waals surface area contributed by atoms with E-state index in [-0.39, 0.29) is 35.8 Å². The summed E-state index contributed by atoms with van der Waals surface area (Å²) >= 11 is 0. The van der Waals surface area contributed by atoms with Crippen molar-refractivity contribution >= 4 is 21.9 Å². The van der Waals surface area contributed by atoms with Crippen LogP contribution in [0.4, 0.5) is 0 Å². The number of ether oxygens (including phenoxy) is 2. The first-order chi connectivity index (χ1) is 13.1. The number of rotatable bonds is 7. The van der Waals surface area contributed by atoms with Crippen LogP contribution in [0.15, 0.2) is 29.2 Å². The Morgan fingerprint density at radius 1 is 1.29 bits per heavy atom. The maximum atomic E-state index is 13.0. The molecule has 1 saturated heterocycles. The Balaban J connectivity index is 2.14. The smallest absolute Gasteiger partial charge is 0.338 e. The van der Waals surface area contributed by atoms with Gasteiger partial charge in [0.05, 0.1) is 22.7 Å². The molecule has 1 heterocycles. The molecule has 0 unspecified atom stereocenters. The van der Waals surface area contributed by atoms with Gasteiger partial charge in [-0.1, -0.05) is 13.0 Å². The Morgan fingerprint density at radius 3 is 2.54 bits per heavy atom. The molecule has 0 aromatic heterocycles. The number of nitrogens with one attached hydrogen (secondary N) is 1. The molecule has 0 radical (unpaired) electrons. The Morgan fingerprint density at radius 2 is 1.93 bits per heavy atom. The molecule has 1 fully saturated rings. The van der Waals surface area contributed by atoms with Crippen LogP contribution < -0.4 is 5.32 Å². The van der Waals surface area contributed by atoms with Gasteiger partial charge in [-0.15, -0.1) is 0 Å². The monoisotopic (exact) mass is 412 g/mol. The van der Waals surface area contributed by atoms with Crippen LogP contribution in [-0.4, -0.2) is 62.5 Å². The molecule has 3 atom stereocenters. The van der Waals surface area contributed by atoms with Gasteiger partial charge in [0.1, 0.15) is 0 Å². The summed E-state index contributed by atoms with van der Waals surface area (Å²) in [5.74, 6) is -1.14. The van der Waals surface area contributed by atoms with Gasteiger partial charge in [0.2, 0.25) is 10.0 Å². The number of nitrogens with zero attached hydrogens (tertiary/aromatic N) is 1. The number of hydrogen-bond acceptors (Lipinski definition) is 6. The van der Waals surface area contributed by atoms with Gasteiger partial charge in [-0.25, -0.2) is 13.2 Å². The van der Waals surface area contributed by atoms with E-state index in [2.05, 4.69) is 5.32 Å². The predicted octanol–water partition coefficient (Wildman–Crippen LogP) is 1.56. The van der Waals surface area contributed by atoms with Gasteiger partial charge in [0.15, 0.2) is 6.10 Å². The van der Waals surface area contributed by atoms with E-state index in [0.717, 1.165) is 6.42 Å². The minimum absolute atomic E-state index is 0.00587. The molecule has 8 nitrogen and oxygen atoms in total. The quantitative estimate of drug-likeness (QED) is 0.682. The summed E-state index contributed by atoms with van der Waals surface area (Å²) in [6.45, 7) is 8.00. The Kier molecular flexibility index (Phi) is 7.56. The third-order valence-corrected chi connectivity index (χ3v) is 6.12.